The fourth-order valence-electron chi connectivity index (χ4n) is 1.99. The first-order valence-electron chi connectivity index (χ1n) is 6.95. The Balaban J connectivity index is 1.96. The van der Waals surface area contributed by atoms with Crippen LogP contribution in [-0.2, 0) is 6.54 Å². The van der Waals surface area contributed by atoms with E-state index in [1.807, 2.05) is 32.9 Å². The molecule has 0 bridgehead atoms. The lowest BCUT2D eigenvalue weighted by atomic mass is 10.1. The first-order chi connectivity index (χ1) is 9.54. The van der Waals surface area contributed by atoms with Crippen LogP contribution in [0.25, 0.3) is 0 Å². The smallest absolute Gasteiger partial charge is 0.120 e. The number of benzene rings is 1. The molecular weight excluding hydrogens is 268 g/mol. The van der Waals surface area contributed by atoms with Gasteiger partial charge >= 0.3 is 0 Å². The van der Waals surface area contributed by atoms with Crippen molar-refractivity contribution in [2.75, 3.05) is 0 Å². The molecule has 0 fully saturated rings. The zero-order valence-electron chi connectivity index (χ0n) is 12.5. The van der Waals surface area contributed by atoms with Crippen molar-refractivity contribution in [3.05, 3.63) is 45.9 Å². The molecule has 0 amide bonds. The van der Waals surface area contributed by atoms with Gasteiger partial charge in [0.15, 0.2) is 0 Å². The van der Waals surface area contributed by atoms with E-state index in [1.54, 1.807) is 11.3 Å². The van der Waals surface area contributed by atoms with Gasteiger partial charge in [0.1, 0.15) is 5.75 Å². The highest BCUT2D eigenvalue weighted by atomic mass is 32.1. The molecule has 4 heteroatoms. The quantitative estimate of drug-likeness (QED) is 0.870. The molecule has 1 atom stereocenters. The Morgan fingerprint density at radius 1 is 1.30 bits per heavy atom. The van der Waals surface area contributed by atoms with Crippen molar-refractivity contribution in [3.63, 3.8) is 0 Å². The standard InChI is InChI=1S/C16H22N2OS/c1-11(2)19-16-7-5-6-14(8-16)12(3)17-9-15-10-20-13(4)18-15/h5-8,10-12,17H,9H2,1-4H3. The second kappa shape index (κ2) is 6.86. The zero-order valence-corrected chi connectivity index (χ0v) is 13.3. The first kappa shape index (κ1) is 15.0. The van der Waals surface area contributed by atoms with Crippen LogP contribution in [-0.4, -0.2) is 11.1 Å². The van der Waals surface area contributed by atoms with Crippen LogP contribution in [0.5, 0.6) is 5.75 Å². The summed E-state index contributed by atoms with van der Waals surface area (Å²) in [4.78, 5) is 4.46. The fraction of sp³-hybridized carbons (Fsp3) is 0.438. The Kier molecular flexibility index (Phi) is 5.15. The SMILES string of the molecule is Cc1nc(CNC(C)c2cccc(OC(C)C)c2)cs1. The third-order valence-electron chi connectivity index (χ3n) is 2.99. The molecule has 0 radical (unpaired) electrons. The van der Waals surface area contributed by atoms with E-state index < -0.39 is 0 Å². The van der Waals surface area contributed by atoms with Crippen molar-refractivity contribution in [3.8, 4) is 5.75 Å². The van der Waals surface area contributed by atoms with Crippen molar-refractivity contribution in [1.82, 2.24) is 10.3 Å². The molecule has 108 valence electrons. The van der Waals surface area contributed by atoms with Gasteiger partial charge in [-0.2, -0.15) is 0 Å². The molecule has 0 saturated heterocycles. The molecule has 1 aromatic heterocycles. The number of hydrogen-bond acceptors (Lipinski definition) is 4. The Morgan fingerprint density at radius 2 is 2.10 bits per heavy atom. The monoisotopic (exact) mass is 290 g/mol. The van der Waals surface area contributed by atoms with Gasteiger partial charge in [0.2, 0.25) is 0 Å². The van der Waals surface area contributed by atoms with Crippen molar-refractivity contribution in [2.45, 2.75) is 46.4 Å². The van der Waals surface area contributed by atoms with Crippen molar-refractivity contribution >= 4 is 11.3 Å². The molecule has 1 heterocycles. The van der Waals surface area contributed by atoms with Gasteiger partial charge in [0.05, 0.1) is 16.8 Å². The predicted molar refractivity (Wildman–Crippen MR) is 84.3 cm³/mol. The number of hydrogen-bond donors (Lipinski definition) is 1. The second-order valence-electron chi connectivity index (χ2n) is 5.20. The number of thiazole rings is 1. The summed E-state index contributed by atoms with van der Waals surface area (Å²) in [5.41, 5.74) is 2.34. The molecule has 0 spiro atoms. The summed E-state index contributed by atoms with van der Waals surface area (Å²) in [5.74, 6) is 0.927. The highest BCUT2D eigenvalue weighted by Crippen LogP contribution is 2.20. The number of ether oxygens (including phenoxy) is 1. The summed E-state index contributed by atoms with van der Waals surface area (Å²) in [5, 5.41) is 6.71. The molecular formula is C16H22N2OS. The van der Waals surface area contributed by atoms with Gasteiger partial charge in [-0.1, -0.05) is 12.1 Å². The zero-order chi connectivity index (χ0) is 14.5. The molecule has 1 N–H and O–H groups in total. The van der Waals surface area contributed by atoms with Crippen LogP contribution in [0.3, 0.4) is 0 Å². The molecule has 3 nitrogen and oxygen atoms in total. The molecule has 0 aliphatic rings. The number of nitrogens with zero attached hydrogens (tertiary/aromatic N) is 1. The van der Waals surface area contributed by atoms with Crippen LogP contribution in [0.2, 0.25) is 0 Å². The van der Waals surface area contributed by atoms with E-state index in [0.29, 0.717) is 0 Å². The summed E-state index contributed by atoms with van der Waals surface area (Å²) in [7, 11) is 0. The minimum atomic E-state index is 0.200. The third-order valence-corrected chi connectivity index (χ3v) is 3.81. The average Bonchev–Trinajstić information content (AvgIpc) is 2.81. The maximum absolute atomic E-state index is 5.73. The number of rotatable bonds is 6. The molecule has 0 aliphatic heterocycles. The topological polar surface area (TPSA) is 34.2 Å². The molecule has 0 aliphatic carbocycles. The number of nitrogens with one attached hydrogen (secondary N) is 1. The van der Waals surface area contributed by atoms with E-state index in [2.05, 4.69) is 34.7 Å². The van der Waals surface area contributed by atoms with Crippen LogP contribution in [0.15, 0.2) is 29.6 Å². The lowest BCUT2D eigenvalue weighted by Crippen LogP contribution is -2.18. The lowest BCUT2D eigenvalue weighted by molar-refractivity contribution is 0.242. The predicted octanol–water partition coefficient (Wildman–Crippen LogP) is 4.09. The minimum Gasteiger partial charge on any atom is -0.491 e. The van der Waals surface area contributed by atoms with Gasteiger partial charge in [-0.3, -0.25) is 0 Å². The normalized spacial score (nSPS) is 12.7. The van der Waals surface area contributed by atoms with Crippen LogP contribution in [0, 0.1) is 6.92 Å². The Bertz CT molecular complexity index is 551. The van der Waals surface area contributed by atoms with Gasteiger partial charge in [-0.15, -0.1) is 11.3 Å². The van der Waals surface area contributed by atoms with Gasteiger partial charge < -0.3 is 10.1 Å². The van der Waals surface area contributed by atoms with Gasteiger partial charge in [0.25, 0.3) is 0 Å². The van der Waals surface area contributed by atoms with Crippen molar-refractivity contribution in [1.29, 1.82) is 0 Å². The number of aromatic nitrogens is 1. The fourth-order valence-corrected chi connectivity index (χ4v) is 2.61. The Hall–Kier alpha value is -1.39. The van der Waals surface area contributed by atoms with Crippen LogP contribution in [0.1, 0.15) is 43.1 Å². The van der Waals surface area contributed by atoms with E-state index in [0.717, 1.165) is 23.0 Å². The lowest BCUT2D eigenvalue weighted by Gasteiger charge is -2.16. The van der Waals surface area contributed by atoms with Crippen molar-refractivity contribution in [2.24, 2.45) is 0 Å². The summed E-state index contributed by atoms with van der Waals surface area (Å²) in [6, 6.07) is 8.53. The van der Waals surface area contributed by atoms with Gasteiger partial charge in [-0.25, -0.2) is 4.98 Å². The Morgan fingerprint density at radius 3 is 2.75 bits per heavy atom. The number of aryl methyl sites for hydroxylation is 1. The summed E-state index contributed by atoms with van der Waals surface area (Å²) >= 11 is 1.69. The van der Waals surface area contributed by atoms with E-state index in [-0.39, 0.29) is 12.1 Å². The van der Waals surface area contributed by atoms with E-state index in [1.165, 1.54) is 5.56 Å². The van der Waals surface area contributed by atoms with Crippen LogP contribution in [0.4, 0.5) is 0 Å². The Labute approximate surface area is 125 Å². The molecule has 2 aromatic rings. The highest BCUT2D eigenvalue weighted by molar-refractivity contribution is 7.09. The molecule has 0 saturated carbocycles. The molecule has 2 rings (SSSR count). The molecule has 20 heavy (non-hydrogen) atoms. The minimum absolute atomic E-state index is 0.200. The highest BCUT2D eigenvalue weighted by Gasteiger charge is 2.08. The second-order valence-corrected chi connectivity index (χ2v) is 6.26. The molecule has 1 unspecified atom stereocenters. The van der Waals surface area contributed by atoms with Crippen molar-refractivity contribution < 1.29 is 4.74 Å². The van der Waals surface area contributed by atoms with E-state index >= 15 is 0 Å². The molecule has 1 aromatic carbocycles. The first-order valence-corrected chi connectivity index (χ1v) is 7.83. The maximum Gasteiger partial charge on any atom is 0.120 e. The van der Waals surface area contributed by atoms with E-state index in [4.69, 9.17) is 4.74 Å². The summed E-state index contributed by atoms with van der Waals surface area (Å²) < 4.78 is 5.73. The summed E-state index contributed by atoms with van der Waals surface area (Å²) in [6.07, 6.45) is 0.200. The summed E-state index contributed by atoms with van der Waals surface area (Å²) in [6.45, 7) is 9.07. The van der Waals surface area contributed by atoms with Gasteiger partial charge in [0, 0.05) is 18.0 Å². The largest absolute Gasteiger partial charge is 0.491 e. The average molecular weight is 290 g/mol. The van der Waals surface area contributed by atoms with E-state index in [9.17, 15) is 0 Å². The third kappa shape index (κ3) is 4.32. The maximum atomic E-state index is 5.73. The van der Waals surface area contributed by atoms with Gasteiger partial charge in [-0.05, 0) is 45.4 Å². The van der Waals surface area contributed by atoms with Crippen LogP contribution >= 0.6 is 11.3 Å². The van der Waals surface area contributed by atoms with Crippen LogP contribution < -0.4 is 10.1 Å².